The molecule has 2 aliphatic carbocycles. The molecule has 138 valence electrons. The first-order chi connectivity index (χ1) is 12.6. The van der Waals surface area contributed by atoms with E-state index in [0.29, 0.717) is 0 Å². The van der Waals surface area contributed by atoms with Crippen molar-refractivity contribution in [2.24, 2.45) is 0 Å². The summed E-state index contributed by atoms with van der Waals surface area (Å²) in [6.45, 7) is 2.20. The third-order valence-electron chi connectivity index (χ3n) is 4.35. The van der Waals surface area contributed by atoms with Crippen molar-refractivity contribution < 1.29 is 0 Å². The predicted octanol–water partition coefficient (Wildman–Crippen LogP) is 9.19. The topological polar surface area (TPSA) is 0 Å². The average molecular weight is 588 g/mol. The van der Waals surface area contributed by atoms with Gasteiger partial charge in [0.15, 0.2) is 0 Å². The third kappa shape index (κ3) is 7.69. The van der Waals surface area contributed by atoms with Gasteiger partial charge < -0.3 is 0 Å². The number of halogens is 3. The second-order valence-corrected chi connectivity index (χ2v) is 9.33. The molecule has 2 aliphatic rings. The van der Waals surface area contributed by atoms with E-state index in [1.54, 1.807) is 5.57 Å². The molecule has 3 heteroatoms. The number of benzene rings is 2. The molecule has 4 rings (SSSR count). The van der Waals surface area contributed by atoms with Crippen molar-refractivity contribution in [3.05, 3.63) is 84.3 Å². The van der Waals surface area contributed by atoms with Crippen LogP contribution in [0.15, 0.2) is 75.2 Å². The summed E-state index contributed by atoms with van der Waals surface area (Å²) in [5, 5.41) is 0. The highest BCUT2D eigenvalue weighted by Gasteiger charge is 2.08. The van der Waals surface area contributed by atoms with Gasteiger partial charge in [0.05, 0.1) is 0 Å². The number of rotatable bonds is 1. The summed E-state index contributed by atoms with van der Waals surface area (Å²) >= 11 is 9.23. The first-order valence-corrected chi connectivity index (χ1v) is 11.7. The van der Waals surface area contributed by atoms with Crippen LogP contribution in [-0.4, -0.2) is 0 Å². The summed E-state index contributed by atoms with van der Waals surface area (Å²) in [5.41, 5.74) is 4.45. The first kappa shape index (κ1) is 21.9. The highest BCUT2D eigenvalue weighted by atomic mass is 127. The number of allylic oxidation sites excluding steroid dienone is 4. The van der Waals surface area contributed by atoms with Crippen molar-refractivity contribution >= 4 is 60.0 Å². The smallest absolute Gasteiger partial charge is 0.0308 e. The molecule has 2 aromatic carbocycles. The summed E-state index contributed by atoms with van der Waals surface area (Å²) in [5.74, 6) is 0. The van der Waals surface area contributed by atoms with Crippen molar-refractivity contribution in [3.8, 4) is 0 Å². The van der Waals surface area contributed by atoms with Crippen LogP contribution in [0.25, 0.3) is 5.57 Å². The minimum absolute atomic E-state index is 1.17. The van der Waals surface area contributed by atoms with Crippen LogP contribution in [0.5, 0.6) is 0 Å². The van der Waals surface area contributed by atoms with E-state index in [9.17, 15) is 0 Å². The summed E-state index contributed by atoms with van der Waals surface area (Å²) in [6.07, 6.45) is 12.5. The van der Waals surface area contributed by atoms with E-state index in [-0.39, 0.29) is 0 Å². The van der Waals surface area contributed by atoms with Gasteiger partial charge in [-0.2, -0.15) is 0 Å². The second-order valence-electron chi connectivity index (χ2n) is 6.46. The minimum atomic E-state index is 1.17. The predicted molar refractivity (Wildman–Crippen MR) is 130 cm³/mol. The largest absolute Gasteiger partial charge is 0.0856 e. The van der Waals surface area contributed by atoms with Gasteiger partial charge in [0, 0.05) is 12.5 Å². The highest BCUT2D eigenvalue weighted by molar-refractivity contribution is 14.1. The normalized spacial score (nSPS) is 15.2. The first-order valence-electron chi connectivity index (χ1n) is 9.07. The van der Waals surface area contributed by atoms with Crippen LogP contribution in [-0.2, 0) is 0 Å². The molecule has 0 heterocycles. The van der Waals surface area contributed by atoms with Crippen LogP contribution in [0, 0.1) is 3.57 Å². The molecule has 0 saturated carbocycles. The molecule has 0 radical (unpaired) electrons. The Morgan fingerprint density at radius 3 is 1.81 bits per heavy atom. The number of hydrogen-bond donors (Lipinski definition) is 0. The molecule has 0 bridgehead atoms. The standard InChI is InChI=1S/C11H11Br.C6H4BrI.C6H10/c12-11-8-4-3-7-10(11)9-5-1-2-6-9;7-5-3-1-2-4-6(5)8;1-6-4-2-3-5-6/h3-5,7-8H,1-2,6H2;1-4H;4H,2-3,5H2,1H3. The lowest BCUT2D eigenvalue weighted by atomic mass is 10.1. The second kappa shape index (κ2) is 12.1. The molecule has 0 nitrogen and oxygen atoms in total. The SMILES string of the molecule is Brc1ccccc1C1=CCCC1.Brc1ccccc1I.CC1=CCCC1. The molecular weight excluding hydrogens is 563 g/mol. The quantitative estimate of drug-likeness (QED) is 0.230. The molecule has 0 aliphatic heterocycles. The molecule has 0 saturated heterocycles. The maximum atomic E-state index is 3.57. The Hall–Kier alpha value is -0.390. The lowest BCUT2D eigenvalue weighted by Crippen LogP contribution is -1.81. The van der Waals surface area contributed by atoms with Crippen LogP contribution in [0.1, 0.15) is 51.0 Å². The summed E-state index contributed by atoms with van der Waals surface area (Å²) in [4.78, 5) is 0. The van der Waals surface area contributed by atoms with E-state index < -0.39 is 0 Å². The third-order valence-corrected chi connectivity index (χ3v) is 7.42. The van der Waals surface area contributed by atoms with Gasteiger partial charge in [-0.05, 0) is 113 Å². The van der Waals surface area contributed by atoms with Gasteiger partial charge in [-0.3, -0.25) is 0 Å². The van der Waals surface area contributed by atoms with E-state index in [2.05, 4.69) is 104 Å². The fourth-order valence-corrected chi connectivity index (χ4v) is 4.12. The molecule has 0 atom stereocenters. The Balaban J connectivity index is 0.000000151. The van der Waals surface area contributed by atoms with Gasteiger partial charge in [0.1, 0.15) is 0 Å². The fourth-order valence-electron chi connectivity index (χ4n) is 2.91. The zero-order valence-corrected chi connectivity index (χ0v) is 20.5. The molecule has 0 aromatic heterocycles. The van der Waals surface area contributed by atoms with E-state index in [1.165, 1.54) is 62.2 Å². The lowest BCUT2D eigenvalue weighted by Gasteiger charge is -2.03. The van der Waals surface area contributed by atoms with Crippen molar-refractivity contribution in [3.63, 3.8) is 0 Å². The van der Waals surface area contributed by atoms with Crippen molar-refractivity contribution in [2.45, 2.75) is 45.4 Å². The van der Waals surface area contributed by atoms with Crippen LogP contribution in [0.4, 0.5) is 0 Å². The summed E-state index contributed by atoms with van der Waals surface area (Å²) < 4.78 is 3.64. The van der Waals surface area contributed by atoms with Crippen molar-refractivity contribution in [2.75, 3.05) is 0 Å². The minimum Gasteiger partial charge on any atom is -0.0856 e. The fraction of sp³-hybridized carbons (Fsp3) is 0.304. The Labute approximate surface area is 188 Å². The Morgan fingerprint density at radius 1 is 0.769 bits per heavy atom. The van der Waals surface area contributed by atoms with Crippen LogP contribution in [0.3, 0.4) is 0 Å². The molecule has 0 spiro atoms. The molecule has 26 heavy (non-hydrogen) atoms. The number of hydrogen-bond acceptors (Lipinski definition) is 0. The lowest BCUT2D eigenvalue weighted by molar-refractivity contribution is 0.907. The Kier molecular flexibility index (Phi) is 10.2. The van der Waals surface area contributed by atoms with Crippen LogP contribution < -0.4 is 0 Å². The maximum absolute atomic E-state index is 3.57. The van der Waals surface area contributed by atoms with E-state index in [4.69, 9.17) is 0 Å². The summed E-state index contributed by atoms with van der Waals surface area (Å²) in [6, 6.07) is 16.6. The van der Waals surface area contributed by atoms with E-state index in [1.807, 2.05) is 18.2 Å². The van der Waals surface area contributed by atoms with Crippen molar-refractivity contribution in [1.29, 1.82) is 0 Å². The zero-order valence-electron chi connectivity index (χ0n) is 15.2. The molecule has 0 amide bonds. The molecule has 0 N–H and O–H groups in total. The van der Waals surface area contributed by atoms with E-state index in [0.717, 1.165) is 0 Å². The van der Waals surface area contributed by atoms with Gasteiger partial charge in [-0.1, -0.05) is 64.0 Å². The van der Waals surface area contributed by atoms with Gasteiger partial charge in [0.25, 0.3) is 0 Å². The Morgan fingerprint density at radius 2 is 1.38 bits per heavy atom. The summed E-state index contributed by atoms with van der Waals surface area (Å²) in [7, 11) is 0. The van der Waals surface area contributed by atoms with Gasteiger partial charge in [-0.25, -0.2) is 0 Å². The molecular formula is C23H25Br2I. The van der Waals surface area contributed by atoms with Crippen molar-refractivity contribution in [1.82, 2.24) is 0 Å². The maximum Gasteiger partial charge on any atom is 0.0308 e. The molecule has 0 fully saturated rings. The van der Waals surface area contributed by atoms with Gasteiger partial charge >= 0.3 is 0 Å². The van der Waals surface area contributed by atoms with Crippen LogP contribution >= 0.6 is 54.5 Å². The molecule has 0 unspecified atom stereocenters. The Bertz CT molecular complexity index is 741. The average Bonchev–Trinajstić information content (AvgIpc) is 3.33. The van der Waals surface area contributed by atoms with E-state index >= 15 is 0 Å². The monoisotopic (exact) mass is 586 g/mol. The highest BCUT2D eigenvalue weighted by Crippen LogP contribution is 2.31. The van der Waals surface area contributed by atoms with Crippen LogP contribution in [0.2, 0.25) is 0 Å². The van der Waals surface area contributed by atoms with Gasteiger partial charge in [-0.15, -0.1) is 0 Å². The van der Waals surface area contributed by atoms with Gasteiger partial charge in [0.2, 0.25) is 0 Å². The molecule has 2 aromatic rings. The zero-order chi connectivity index (χ0) is 18.8.